The van der Waals surface area contributed by atoms with Crippen molar-refractivity contribution in [2.45, 2.75) is 32.4 Å². The van der Waals surface area contributed by atoms with Crippen LogP contribution in [-0.4, -0.2) is 36.6 Å². The van der Waals surface area contributed by atoms with Crippen LogP contribution in [0.3, 0.4) is 0 Å². The Bertz CT molecular complexity index is 956. The molecule has 0 saturated carbocycles. The minimum atomic E-state index is -1.18. The molecule has 2 heterocycles. The standard InChI is InChI=1S/C19H23ClFN3O2Si/c1-25-15-7-5-6-14(21)17(15)18-13-8-9-16(20)22-19(13)24(23-18)12-26-10-11-27(2,3)4/h5-9H,10-12H2,1-4H3. The summed E-state index contributed by atoms with van der Waals surface area (Å²) in [6.07, 6.45) is 0. The summed E-state index contributed by atoms with van der Waals surface area (Å²) in [7, 11) is 0.323. The van der Waals surface area contributed by atoms with Crippen LogP contribution in [0.25, 0.3) is 22.3 Å². The molecule has 8 heteroatoms. The normalized spacial score (nSPS) is 11.9. The monoisotopic (exact) mass is 407 g/mol. The Morgan fingerprint density at radius 2 is 1.96 bits per heavy atom. The fourth-order valence-corrected chi connectivity index (χ4v) is 3.64. The lowest BCUT2D eigenvalue weighted by Crippen LogP contribution is -2.22. The van der Waals surface area contributed by atoms with Gasteiger partial charge in [0.15, 0.2) is 5.65 Å². The smallest absolute Gasteiger partial charge is 0.162 e. The number of rotatable bonds is 7. The van der Waals surface area contributed by atoms with E-state index in [4.69, 9.17) is 21.1 Å². The number of hydrogen-bond acceptors (Lipinski definition) is 4. The molecule has 0 aliphatic rings. The molecular formula is C19H23ClFN3O2Si. The molecule has 0 N–H and O–H groups in total. The second-order valence-corrected chi connectivity index (χ2v) is 13.5. The second-order valence-electron chi connectivity index (χ2n) is 7.52. The highest BCUT2D eigenvalue weighted by Crippen LogP contribution is 2.36. The van der Waals surface area contributed by atoms with Crippen molar-refractivity contribution in [2.75, 3.05) is 13.7 Å². The summed E-state index contributed by atoms with van der Waals surface area (Å²) >= 11 is 6.07. The summed E-state index contributed by atoms with van der Waals surface area (Å²) in [6.45, 7) is 7.76. The lowest BCUT2D eigenvalue weighted by molar-refractivity contribution is 0.0814. The number of pyridine rings is 1. The minimum absolute atomic E-state index is 0.227. The summed E-state index contributed by atoms with van der Waals surface area (Å²) in [4.78, 5) is 4.37. The Labute approximate surface area is 164 Å². The van der Waals surface area contributed by atoms with Gasteiger partial charge in [0.2, 0.25) is 0 Å². The van der Waals surface area contributed by atoms with E-state index in [1.165, 1.54) is 13.2 Å². The van der Waals surface area contributed by atoms with Crippen LogP contribution in [0.5, 0.6) is 5.75 Å². The van der Waals surface area contributed by atoms with Crippen LogP contribution in [0.2, 0.25) is 30.8 Å². The quantitative estimate of drug-likeness (QED) is 0.306. The van der Waals surface area contributed by atoms with E-state index in [2.05, 4.69) is 29.7 Å². The van der Waals surface area contributed by atoms with Crippen molar-refractivity contribution in [1.29, 1.82) is 0 Å². The average Bonchev–Trinajstić information content (AvgIpc) is 2.95. The molecule has 0 spiro atoms. The lowest BCUT2D eigenvalue weighted by atomic mass is 10.1. The third kappa shape index (κ3) is 4.48. The average molecular weight is 408 g/mol. The molecule has 0 aliphatic heterocycles. The van der Waals surface area contributed by atoms with Crippen molar-refractivity contribution in [3.05, 3.63) is 41.3 Å². The van der Waals surface area contributed by atoms with Crippen LogP contribution in [0, 0.1) is 5.82 Å². The third-order valence-corrected chi connectivity index (χ3v) is 6.12. The van der Waals surface area contributed by atoms with Gasteiger partial charge >= 0.3 is 0 Å². The van der Waals surface area contributed by atoms with Gasteiger partial charge in [-0.2, -0.15) is 5.10 Å². The number of benzene rings is 1. The zero-order valence-corrected chi connectivity index (χ0v) is 17.7. The topological polar surface area (TPSA) is 49.2 Å². The van der Waals surface area contributed by atoms with E-state index in [1.54, 1.807) is 28.9 Å². The summed E-state index contributed by atoms with van der Waals surface area (Å²) in [5.74, 6) is 0.00616. The van der Waals surface area contributed by atoms with Crippen molar-refractivity contribution in [3.63, 3.8) is 0 Å². The maximum Gasteiger partial charge on any atom is 0.162 e. The predicted molar refractivity (Wildman–Crippen MR) is 109 cm³/mol. The van der Waals surface area contributed by atoms with Gasteiger partial charge in [-0.05, 0) is 30.3 Å². The van der Waals surface area contributed by atoms with Crippen LogP contribution in [-0.2, 0) is 11.5 Å². The molecule has 2 aromatic heterocycles. The lowest BCUT2D eigenvalue weighted by Gasteiger charge is -2.15. The van der Waals surface area contributed by atoms with Gasteiger partial charge in [-0.15, -0.1) is 0 Å². The van der Waals surface area contributed by atoms with Crippen molar-refractivity contribution in [3.8, 4) is 17.0 Å². The maximum absolute atomic E-state index is 14.6. The molecule has 0 saturated heterocycles. The first-order chi connectivity index (χ1) is 12.8. The number of hydrogen-bond donors (Lipinski definition) is 0. The maximum atomic E-state index is 14.6. The van der Waals surface area contributed by atoms with Crippen LogP contribution in [0.15, 0.2) is 30.3 Å². The number of nitrogens with zero attached hydrogens (tertiary/aromatic N) is 3. The van der Waals surface area contributed by atoms with Crippen LogP contribution in [0.4, 0.5) is 4.39 Å². The number of ether oxygens (including phenoxy) is 2. The minimum Gasteiger partial charge on any atom is -0.496 e. The molecule has 3 rings (SSSR count). The first kappa shape index (κ1) is 19.8. The molecule has 144 valence electrons. The van der Waals surface area contributed by atoms with Crippen molar-refractivity contribution < 1.29 is 13.9 Å². The molecule has 0 atom stereocenters. The van der Waals surface area contributed by atoms with E-state index < -0.39 is 13.9 Å². The number of fused-ring (bicyclic) bond motifs is 1. The fraction of sp³-hybridized carbons (Fsp3) is 0.368. The summed E-state index contributed by atoms with van der Waals surface area (Å²) in [5, 5.41) is 5.60. The van der Waals surface area contributed by atoms with E-state index >= 15 is 0 Å². The van der Waals surface area contributed by atoms with Crippen molar-refractivity contribution in [2.24, 2.45) is 0 Å². The Morgan fingerprint density at radius 1 is 1.19 bits per heavy atom. The van der Waals surface area contributed by atoms with Gasteiger partial charge in [-0.1, -0.05) is 37.3 Å². The van der Waals surface area contributed by atoms with E-state index in [9.17, 15) is 4.39 Å². The molecule has 27 heavy (non-hydrogen) atoms. The highest BCUT2D eigenvalue weighted by molar-refractivity contribution is 6.76. The van der Waals surface area contributed by atoms with Gasteiger partial charge in [0.1, 0.15) is 29.1 Å². The number of aromatic nitrogens is 3. The first-order valence-corrected chi connectivity index (χ1v) is 12.8. The number of halogens is 2. The summed E-state index contributed by atoms with van der Waals surface area (Å²) in [6, 6.07) is 9.20. The van der Waals surface area contributed by atoms with Gasteiger partial charge in [0.25, 0.3) is 0 Å². The molecule has 0 radical (unpaired) electrons. The summed E-state index contributed by atoms with van der Waals surface area (Å²) in [5.41, 5.74) is 1.31. The third-order valence-electron chi connectivity index (χ3n) is 4.20. The zero-order valence-electron chi connectivity index (χ0n) is 15.9. The van der Waals surface area contributed by atoms with Gasteiger partial charge in [-0.25, -0.2) is 14.1 Å². The Morgan fingerprint density at radius 3 is 2.67 bits per heavy atom. The molecule has 0 aliphatic carbocycles. The van der Waals surface area contributed by atoms with Crippen LogP contribution >= 0.6 is 11.6 Å². The van der Waals surface area contributed by atoms with E-state index in [-0.39, 0.29) is 6.73 Å². The molecule has 1 aromatic carbocycles. The SMILES string of the molecule is COc1cccc(F)c1-c1nn(COCC[Si](C)(C)C)c2nc(Cl)ccc12. The highest BCUT2D eigenvalue weighted by atomic mass is 35.5. The predicted octanol–water partition coefficient (Wildman–Crippen LogP) is 5.21. The number of methoxy groups -OCH3 is 1. The molecular weight excluding hydrogens is 385 g/mol. The Balaban J connectivity index is 2.01. The molecule has 3 aromatic rings. The molecule has 5 nitrogen and oxygen atoms in total. The fourth-order valence-electron chi connectivity index (χ4n) is 2.74. The van der Waals surface area contributed by atoms with Crippen LogP contribution in [0.1, 0.15) is 0 Å². The van der Waals surface area contributed by atoms with Crippen LogP contribution < -0.4 is 4.74 Å². The summed E-state index contributed by atoms with van der Waals surface area (Å²) < 4.78 is 27.3. The van der Waals surface area contributed by atoms with Gasteiger partial charge in [-0.3, -0.25) is 0 Å². The van der Waals surface area contributed by atoms with Crippen molar-refractivity contribution >= 4 is 30.7 Å². The van der Waals surface area contributed by atoms with Gasteiger partial charge in [0.05, 0.1) is 12.7 Å². The Kier molecular flexibility index (Phi) is 5.83. The second kappa shape index (κ2) is 7.96. The first-order valence-electron chi connectivity index (χ1n) is 8.74. The van der Waals surface area contributed by atoms with E-state index in [1.807, 2.05) is 0 Å². The molecule has 0 amide bonds. The van der Waals surface area contributed by atoms with E-state index in [0.29, 0.717) is 39.8 Å². The van der Waals surface area contributed by atoms with Crippen molar-refractivity contribution in [1.82, 2.24) is 14.8 Å². The highest BCUT2D eigenvalue weighted by Gasteiger charge is 2.21. The Hall–Kier alpha value is -1.96. The van der Waals surface area contributed by atoms with E-state index in [0.717, 1.165) is 6.04 Å². The largest absolute Gasteiger partial charge is 0.496 e. The molecule has 0 unspecified atom stereocenters. The van der Waals surface area contributed by atoms with Gasteiger partial charge < -0.3 is 9.47 Å². The molecule has 0 fully saturated rings. The van der Waals surface area contributed by atoms with Gasteiger partial charge in [0, 0.05) is 20.1 Å². The molecule has 0 bridgehead atoms. The zero-order chi connectivity index (χ0) is 19.6.